The molecule has 2 unspecified atom stereocenters. The zero-order chi connectivity index (χ0) is 11.1. The van der Waals surface area contributed by atoms with Gasteiger partial charge in [0.2, 0.25) is 0 Å². The second-order valence-corrected chi connectivity index (χ2v) is 5.69. The number of unbranched alkanes of at least 4 members (excludes halogenated alkanes) is 1. The molecular weight excluding hydrogens is 204 g/mol. The zero-order valence-corrected chi connectivity index (χ0v) is 11.3. The van der Waals surface area contributed by atoms with E-state index in [1.54, 1.807) is 0 Å². The number of thioether (sulfide) groups is 1. The average molecular weight is 230 g/mol. The maximum absolute atomic E-state index is 3.70. The lowest BCUT2D eigenvalue weighted by atomic mass is 9.99. The van der Waals surface area contributed by atoms with Gasteiger partial charge in [-0.3, -0.25) is 0 Å². The van der Waals surface area contributed by atoms with Gasteiger partial charge in [0.1, 0.15) is 0 Å². The number of hydrogen-bond acceptors (Lipinski definition) is 3. The van der Waals surface area contributed by atoms with Gasteiger partial charge in [-0.05, 0) is 64.8 Å². The molecular formula is C12H26N2S. The van der Waals surface area contributed by atoms with Crippen LogP contribution in [-0.2, 0) is 0 Å². The monoisotopic (exact) mass is 230 g/mol. The molecule has 1 heterocycles. The van der Waals surface area contributed by atoms with Gasteiger partial charge in [0.25, 0.3) is 0 Å². The number of rotatable bonds is 6. The van der Waals surface area contributed by atoms with Gasteiger partial charge in [0, 0.05) is 12.1 Å². The standard InChI is InChI=1S/C12H26N2S/c1-11-10-12(6-8-14(11)2)13-7-4-5-9-15-3/h11-13H,4-10H2,1-3H3. The molecule has 0 saturated carbocycles. The Morgan fingerprint density at radius 1 is 1.40 bits per heavy atom. The van der Waals surface area contributed by atoms with E-state index >= 15 is 0 Å². The SMILES string of the molecule is CSCCCCNC1CCN(C)C(C)C1. The van der Waals surface area contributed by atoms with Crippen molar-refractivity contribution >= 4 is 11.8 Å². The smallest absolute Gasteiger partial charge is 0.00940 e. The van der Waals surface area contributed by atoms with E-state index in [0.717, 1.165) is 12.1 Å². The molecule has 1 fully saturated rings. The topological polar surface area (TPSA) is 15.3 Å². The number of likely N-dealkylation sites (tertiary alicyclic amines) is 1. The molecule has 0 amide bonds. The average Bonchev–Trinajstić information content (AvgIpc) is 2.23. The van der Waals surface area contributed by atoms with Crippen LogP contribution in [0.15, 0.2) is 0 Å². The van der Waals surface area contributed by atoms with Crippen molar-refractivity contribution in [2.75, 3.05) is 32.1 Å². The van der Waals surface area contributed by atoms with Crippen molar-refractivity contribution in [1.29, 1.82) is 0 Å². The summed E-state index contributed by atoms with van der Waals surface area (Å²) in [5.74, 6) is 1.31. The Labute approximate surface area is 99.2 Å². The molecule has 1 N–H and O–H groups in total. The Hall–Kier alpha value is 0.270. The second kappa shape index (κ2) is 7.53. The molecule has 1 aliphatic heterocycles. The summed E-state index contributed by atoms with van der Waals surface area (Å²) in [6.07, 6.45) is 7.52. The van der Waals surface area contributed by atoms with E-state index in [2.05, 4.69) is 30.4 Å². The minimum atomic E-state index is 0.752. The molecule has 1 saturated heterocycles. The van der Waals surface area contributed by atoms with Crippen LogP contribution in [0.4, 0.5) is 0 Å². The van der Waals surface area contributed by atoms with E-state index in [1.807, 2.05) is 11.8 Å². The molecule has 0 aromatic heterocycles. The Kier molecular flexibility index (Phi) is 6.69. The molecule has 0 aliphatic carbocycles. The third-order valence-corrected chi connectivity index (χ3v) is 4.11. The van der Waals surface area contributed by atoms with E-state index in [-0.39, 0.29) is 0 Å². The number of nitrogens with zero attached hydrogens (tertiary/aromatic N) is 1. The van der Waals surface area contributed by atoms with Crippen molar-refractivity contribution in [3.63, 3.8) is 0 Å². The summed E-state index contributed by atoms with van der Waals surface area (Å²) in [4.78, 5) is 2.46. The number of hydrogen-bond donors (Lipinski definition) is 1. The molecule has 0 radical (unpaired) electrons. The van der Waals surface area contributed by atoms with E-state index in [1.165, 1.54) is 44.5 Å². The fraction of sp³-hybridized carbons (Fsp3) is 1.00. The Bertz CT molecular complexity index is 164. The van der Waals surface area contributed by atoms with Crippen molar-refractivity contribution in [1.82, 2.24) is 10.2 Å². The lowest BCUT2D eigenvalue weighted by molar-refractivity contribution is 0.168. The molecule has 15 heavy (non-hydrogen) atoms. The van der Waals surface area contributed by atoms with Gasteiger partial charge >= 0.3 is 0 Å². The summed E-state index contributed by atoms with van der Waals surface area (Å²) >= 11 is 1.95. The Balaban J connectivity index is 2.02. The van der Waals surface area contributed by atoms with Crippen LogP contribution < -0.4 is 5.32 Å². The van der Waals surface area contributed by atoms with Gasteiger partial charge in [-0.2, -0.15) is 11.8 Å². The van der Waals surface area contributed by atoms with Gasteiger partial charge in [0.05, 0.1) is 0 Å². The van der Waals surface area contributed by atoms with Gasteiger partial charge < -0.3 is 10.2 Å². The van der Waals surface area contributed by atoms with Crippen LogP contribution in [0.3, 0.4) is 0 Å². The van der Waals surface area contributed by atoms with Gasteiger partial charge in [-0.15, -0.1) is 0 Å². The lowest BCUT2D eigenvalue weighted by Gasteiger charge is -2.35. The molecule has 2 nitrogen and oxygen atoms in total. The third kappa shape index (κ3) is 5.23. The van der Waals surface area contributed by atoms with E-state index in [4.69, 9.17) is 0 Å². The molecule has 3 heteroatoms. The molecule has 1 aliphatic rings. The molecule has 1 rings (SSSR count). The first-order chi connectivity index (χ1) is 7.24. The predicted molar refractivity (Wildman–Crippen MR) is 70.7 cm³/mol. The summed E-state index contributed by atoms with van der Waals surface area (Å²) in [6.45, 7) is 4.80. The van der Waals surface area contributed by atoms with Crippen molar-refractivity contribution in [3.05, 3.63) is 0 Å². The molecule has 0 aromatic carbocycles. The number of piperidine rings is 1. The second-order valence-electron chi connectivity index (χ2n) is 4.70. The van der Waals surface area contributed by atoms with E-state index in [0.29, 0.717) is 0 Å². The molecule has 0 bridgehead atoms. The Morgan fingerprint density at radius 3 is 2.87 bits per heavy atom. The lowest BCUT2D eigenvalue weighted by Crippen LogP contribution is -2.45. The third-order valence-electron chi connectivity index (χ3n) is 3.42. The zero-order valence-electron chi connectivity index (χ0n) is 10.5. The maximum Gasteiger partial charge on any atom is 0.00940 e. The van der Waals surface area contributed by atoms with Crippen LogP contribution in [0, 0.1) is 0 Å². The fourth-order valence-corrected chi connectivity index (χ4v) is 2.65. The first-order valence-electron chi connectivity index (χ1n) is 6.16. The number of nitrogens with one attached hydrogen (secondary N) is 1. The van der Waals surface area contributed by atoms with Gasteiger partial charge in [0.15, 0.2) is 0 Å². The molecule has 0 spiro atoms. The van der Waals surface area contributed by atoms with Crippen LogP contribution >= 0.6 is 11.8 Å². The largest absolute Gasteiger partial charge is 0.314 e. The highest BCUT2D eigenvalue weighted by molar-refractivity contribution is 7.98. The summed E-state index contributed by atoms with van der Waals surface area (Å²) in [6, 6.07) is 1.52. The molecule has 0 aromatic rings. The minimum absolute atomic E-state index is 0.752. The van der Waals surface area contributed by atoms with Crippen LogP contribution in [0.5, 0.6) is 0 Å². The van der Waals surface area contributed by atoms with Crippen LogP contribution in [-0.4, -0.2) is 49.1 Å². The van der Waals surface area contributed by atoms with Crippen molar-refractivity contribution in [2.45, 2.75) is 44.7 Å². The highest BCUT2D eigenvalue weighted by Crippen LogP contribution is 2.15. The quantitative estimate of drug-likeness (QED) is 0.704. The summed E-state index contributed by atoms with van der Waals surface area (Å²) in [5.41, 5.74) is 0. The maximum atomic E-state index is 3.70. The first-order valence-corrected chi connectivity index (χ1v) is 7.56. The van der Waals surface area contributed by atoms with Crippen molar-refractivity contribution in [3.8, 4) is 0 Å². The van der Waals surface area contributed by atoms with E-state index < -0.39 is 0 Å². The Morgan fingerprint density at radius 2 is 2.20 bits per heavy atom. The van der Waals surface area contributed by atoms with Crippen molar-refractivity contribution in [2.24, 2.45) is 0 Å². The predicted octanol–water partition coefficient (Wildman–Crippen LogP) is 2.20. The highest BCUT2D eigenvalue weighted by Gasteiger charge is 2.21. The van der Waals surface area contributed by atoms with Crippen LogP contribution in [0.2, 0.25) is 0 Å². The summed E-state index contributed by atoms with van der Waals surface area (Å²) in [5, 5.41) is 3.70. The molecule has 90 valence electrons. The summed E-state index contributed by atoms with van der Waals surface area (Å²) in [7, 11) is 2.24. The fourth-order valence-electron chi connectivity index (χ4n) is 2.15. The minimum Gasteiger partial charge on any atom is -0.314 e. The van der Waals surface area contributed by atoms with Crippen LogP contribution in [0.25, 0.3) is 0 Å². The summed E-state index contributed by atoms with van der Waals surface area (Å²) < 4.78 is 0. The van der Waals surface area contributed by atoms with Crippen LogP contribution in [0.1, 0.15) is 32.6 Å². The van der Waals surface area contributed by atoms with Gasteiger partial charge in [-0.1, -0.05) is 0 Å². The highest BCUT2D eigenvalue weighted by atomic mass is 32.2. The van der Waals surface area contributed by atoms with Gasteiger partial charge in [-0.25, -0.2) is 0 Å². The normalized spacial score (nSPS) is 28.2. The van der Waals surface area contributed by atoms with Crippen molar-refractivity contribution < 1.29 is 0 Å². The first kappa shape index (κ1) is 13.3. The molecule has 2 atom stereocenters. The van der Waals surface area contributed by atoms with E-state index in [9.17, 15) is 0 Å².